The summed E-state index contributed by atoms with van der Waals surface area (Å²) < 4.78 is 0. The zero-order chi connectivity index (χ0) is 26.1. The SMILES string of the molecule is CC(C)CC(=O)Nc1cncc(-c2ccc3[nH]nc(-c4cc5c([nH]4)C=C=CC=C5c4ccccn4)c3c2)c1. The van der Waals surface area contributed by atoms with Crippen molar-refractivity contribution in [1.82, 2.24) is 25.1 Å². The fourth-order valence-corrected chi connectivity index (χ4v) is 4.68. The second-order valence-electron chi connectivity index (χ2n) is 9.72. The third kappa shape index (κ3) is 4.59. The van der Waals surface area contributed by atoms with Crippen molar-refractivity contribution in [3.8, 4) is 22.5 Å². The second-order valence-corrected chi connectivity index (χ2v) is 9.72. The van der Waals surface area contributed by atoms with Gasteiger partial charge in [0.05, 0.1) is 34.5 Å². The number of carbonyl (C=O) groups is 1. The van der Waals surface area contributed by atoms with E-state index in [2.05, 4.69) is 48.3 Å². The van der Waals surface area contributed by atoms with Gasteiger partial charge in [-0.2, -0.15) is 5.10 Å². The van der Waals surface area contributed by atoms with Crippen molar-refractivity contribution in [2.75, 3.05) is 5.32 Å². The molecule has 5 aromatic rings. The van der Waals surface area contributed by atoms with E-state index >= 15 is 0 Å². The Labute approximate surface area is 220 Å². The Bertz CT molecular complexity index is 1750. The van der Waals surface area contributed by atoms with Crippen molar-refractivity contribution >= 4 is 34.1 Å². The molecule has 4 aromatic heterocycles. The number of nitrogens with zero attached hydrogens (tertiary/aromatic N) is 3. The summed E-state index contributed by atoms with van der Waals surface area (Å²) in [5.41, 5.74) is 12.3. The number of allylic oxidation sites excluding steroid dienone is 2. The molecule has 0 spiro atoms. The molecule has 0 bridgehead atoms. The third-order valence-electron chi connectivity index (χ3n) is 6.42. The van der Waals surface area contributed by atoms with E-state index in [4.69, 9.17) is 0 Å². The molecule has 0 unspecified atom stereocenters. The number of aromatic nitrogens is 5. The molecular weight excluding hydrogens is 472 g/mol. The van der Waals surface area contributed by atoms with E-state index in [1.54, 1.807) is 18.6 Å². The van der Waals surface area contributed by atoms with Crippen LogP contribution in [0.1, 0.15) is 37.2 Å². The van der Waals surface area contributed by atoms with Crippen LogP contribution in [0.15, 0.2) is 85.0 Å². The highest BCUT2D eigenvalue weighted by Gasteiger charge is 2.18. The standard InChI is InChI=1S/C31H26N6O/c1-19(2)13-30(38)34-22-14-21(17-32-18-22)20-10-11-28-25(15-20)31(37-36-28)29-16-24-23(26-8-5-6-12-33-26)7-3-4-9-27(24)35-29/h3,5-12,14-19,35H,13H2,1-2H3,(H,34,38)(H,36,37). The summed E-state index contributed by atoms with van der Waals surface area (Å²) in [6, 6.07) is 16.1. The number of H-pyrrole nitrogens is 2. The van der Waals surface area contributed by atoms with Crippen LogP contribution in [0, 0.1) is 5.92 Å². The van der Waals surface area contributed by atoms with E-state index in [0.717, 1.165) is 55.9 Å². The quantitative estimate of drug-likeness (QED) is 0.229. The molecule has 0 saturated carbocycles. The van der Waals surface area contributed by atoms with Gasteiger partial charge in [0, 0.05) is 47.0 Å². The third-order valence-corrected chi connectivity index (χ3v) is 6.42. The van der Waals surface area contributed by atoms with Gasteiger partial charge in [-0.1, -0.05) is 26.0 Å². The van der Waals surface area contributed by atoms with E-state index in [1.807, 2.05) is 68.5 Å². The van der Waals surface area contributed by atoms with Crippen LogP contribution in [0.4, 0.5) is 5.69 Å². The monoisotopic (exact) mass is 498 g/mol. The Balaban J connectivity index is 1.37. The Kier molecular flexibility index (Phi) is 6.04. The summed E-state index contributed by atoms with van der Waals surface area (Å²) in [4.78, 5) is 24.7. The van der Waals surface area contributed by atoms with E-state index in [-0.39, 0.29) is 11.8 Å². The van der Waals surface area contributed by atoms with Crippen LogP contribution in [0.25, 0.3) is 45.1 Å². The lowest BCUT2D eigenvalue weighted by atomic mass is 10.0. The van der Waals surface area contributed by atoms with Crippen molar-refractivity contribution in [2.45, 2.75) is 20.3 Å². The summed E-state index contributed by atoms with van der Waals surface area (Å²) in [7, 11) is 0. The fraction of sp³-hybridized carbons (Fsp3) is 0.129. The van der Waals surface area contributed by atoms with Gasteiger partial charge in [-0.05, 0) is 60.0 Å². The number of aromatic amines is 2. The number of anilines is 1. The molecule has 7 heteroatoms. The molecule has 38 heavy (non-hydrogen) atoms. The van der Waals surface area contributed by atoms with Gasteiger partial charge in [0.15, 0.2) is 0 Å². The Morgan fingerprint density at radius 3 is 2.84 bits per heavy atom. The predicted molar refractivity (Wildman–Crippen MR) is 151 cm³/mol. The lowest BCUT2D eigenvalue weighted by molar-refractivity contribution is -0.116. The average molecular weight is 499 g/mol. The zero-order valence-corrected chi connectivity index (χ0v) is 21.1. The molecule has 186 valence electrons. The fourth-order valence-electron chi connectivity index (χ4n) is 4.68. The summed E-state index contributed by atoms with van der Waals surface area (Å²) in [6.07, 6.45) is 11.6. The molecule has 6 rings (SSSR count). The number of hydrogen-bond donors (Lipinski definition) is 3. The number of benzene rings is 1. The molecule has 7 nitrogen and oxygen atoms in total. The maximum absolute atomic E-state index is 12.3. The van der Waals surface area contributed by atoms with Gasteiger partial charge in [-0.15, -0.1) is 5.73 Å². The van der Waals surface area contributed by atoms with E-state index in [0.29, 0.717) is 12.1 Å². The molecule has 1 aliphatic rings. The smallest absolute Gasteiger partial charge is 0.224 e. The first-order chi connectivity index (χ1) is 18.5. The van der Waals surface area contributed by atoms with Gasteiger partial charge in [0.1, 0.15) is 5.69 Å². The van der Waals surface area contributed by atoms with Crippen molar-refractivity contribution in [3.63, 3.8) is 0 Å². The minimum Gasteiger partial charge on any atom is -0.353 e. The summed E-state index contributed by atoms with van der Waals surface area (Å²) in [5, 5.41) is 11.7. The first-order valence-electron chi connectivity index (χ1n) is 12.6. The number of pyridine rings is 2. The van der Waals surface area contributed by atoms with Gasteiger partial charge >= 0.3 is 0 Å². The number of amides is 1. The van der Waals surface area contributed by atoms with Crippen molar-refractivity contribution < 1.29 is 4.79 Å². The molecule has 0 fully saturated rings. The van der Waals surface area contributed by atoms with Crippen LogP contribution in [-0.4, -0.2) is 31.1 Å². The molecule has 1 amide bonds. The van der Waals surface area contributed by atoms with Crippen LogP contribution < -0.4 is 5.32 Å². The van der Waals surface area contributed by atoms with Crippen molar-refractivity contribution in [2.24, 2.45) is 5.92 Å². The zero-order valence-electron chi connectivity index (χ0n) is 21.1. The lowest BCUT2D eigenvalue weighted by Gasteiger charge is -2.09. The molecule has 0 atom stereocenters. The highest BCUT2D eigenvalue weighted by molar-refractivity contribution is 5.97. The maximum atomic E-state index is 12.3. The normalized spacial score (nSPS) is 12.4. The van der Waals surface area contributed by atoms with E-state index in [1.165, 1.54) is 0 Å². The van der Waals surface area contributed by atoms with Crippen molar-refractivity contribution in [3.05, 3.63) is 102 Å². The number of nitrogens with one attached hydrogen (secondary N) is 3. The second kappa shape index (κ2) is 9.81. The summed E-state index contributed by atoms with van der Waals surface area (Å²) in [5.74, 6) is 0.277. The van der Waals surface area contributed by atoms with E-state index in [9.17, 15) is 4.79 Å². The molecule has 0 radical (unpaired) electrons. The molecule has 3 N–H and O–H groups in total. The Morgan fingerprint density at radius 2 is 2.00 bits per heavy atom. The largest absolute Gasteiger partial charge is 0.353 e. The van der Waals surface area contributed by atoms with Gasteiger partial charge in [0.2, 0.25) is 5.91 Å². The minimum absolute atomic E-state index is 0.0129. The minimum atomic E-state index is -0.0129. The number of fused-ring (bicyclic) bond motifs is 2. The van der Waals surface area contributed by atoms with E-state index < -0.39 is 0 Å². The van der Waals surface area contributed by atoms with Crippen LogP contribution in [0.2, 0.25) is 0 Å². The number of rotatable bonds is 6. The van der Waals surface area contributed by atoms with Crippen molar-refractivity contribution in [1.29, 1.82) is 0 Å². The molecule has 0 saturated heterocycles. The van der Waals surface area contributed by atoms with Crippen LogP contribution in [0.5, 0.6) is 0 Å². The lowest BCUT2D eigenvalue weighted by Crippen LogP contribution is -2.13. The number of carbonyl (C=O) groups excluding carboxylic acids is 1. The summed E-state index contributed by atoms with van der Waals surface area (Å²) in [6.45, 7) is 4.05. The topological polar surface area (TPSA) is 99.4 Å². The Hall–Kier alpha value is -5.00. The first-order valence-corrected chi connectivity index (χ1v) is 12.6. The maximum Gasteiger partial charge on any atom is 0.224 e. The summed E-state index contributed by atoms with van der Waals surface area (Å²) >= 11 is 0. The number of hydrogen-bond acceptors (Lipinski definition) is 4. The Morgan fingerprint density at radius 1 is 1.08 bits per heavy atom. The highest BCUT2D eigenvalue weighted by atomic mass is 16.1. The average Bonchev–Trinajstić information content (AvgIpc) is 3.47. The predicted octanol–water partition coefficient (Wildman–Crippen LogP) is 6.61. The first kappa shape index (κ1) is 23.4. The highest BCUT2D eigenvalue weighted by Crippen LogP contribution is 2.35. The van der Waals surface area contributed by atoms with Gasteiger partial charge in [0.25, 0.3) is 0 Å². The molecule has 0 aliphatic heterocycles. The molecule has 1 aromatic carbocycles. The van der Waals surface area contributed by atoms with Crippen LogP contribution >= 0.6 is 0 Å². The van der Waals surface area contributed by atoms with Crippen LogP contribution in [-0.2, 0) is 4.79 Å². The molecule has 4 heterocycles. The van der Waals surface area contributed by atoms with Gasteiger partial charge < -0.3 is 10.3 Å². The van der Waals surface area contributed by atoms with Gasteiger partial charge in [-0.3, -0.25) is 19.9 Å². The van der Waals surface area contributed by atoms with Gasteiger partial charge in [-0.25, -0.2) is 0 Å². The van der Waals surface area contributed by atoms with Crippen LogP contribution in [0.3, 0.4) is 0 Å². The molecule has 1 aliphatic carbocycles. The molecular formula is C31H26N6O.